The summed E-state index contributed by atoms with van der Waals surface area (Å²) in [4.78, 5) is 31.2. The first kappa shape index (κ1) is 17.5. The third-order valence-corrected chi connectivity index (χ3v) is 4.95. The van der Waals surface area contributed by atoms with E-state index in [1.807, 2.05) is 30.3 Å². The molecule has 27 heavy (non-hydrogen) atoms. The lowest BCUT2D eigenvalue weighted by Gasteiger charge is -2.24. The van der Waals surface area contributed by atoms with Crippen molar-refractivity contribution >= 4 is 11.8 Å². The van der Waals surface area contributed by atoms with Crippen molar-refractivity contribution < 1.29 is 14.3 Å². The Kier molecular flexibility index (Phi) is 5.05. The number of rotatable bonds is 6. The average molecular weight is 365 g/mol. The molecule has 2 heterocycles. The largest absolute Gasteiger partial charge is 0.473 e. The number of hydrogen-bond acceptors (Lipinski definition) is 4. The number of nitrogens with zero attached hydrogens (tertiary/aromatic N) is 2. The molecule has 2 fully saturated rings. The standard InChI is InChI=1S/C21H23N3O3/c25-20(23-17-8-9-17)18-7-4-12-24(18)21(26)16-10-11-22-19(13-16)27-14-15-5-2-1-3-6-15/h1-3,5-6,10-11,13,17-18H,4,7-9,12,14H2,(H,23,25). The van der Waals surface area contributed by atoms with Gasteiger partial charge in [0.15, 0.2) is 0 Å². The van der Waals surface area contributed by atoms with E-state index in [-0.39, 0.29) is 17.9 Å². The molecule has 1 saturated carbocycles. The quantitative estimate of drug-likeness (QED) is 0.854. The fraction of sp³-hybridized carbons (Fsp3) is 0.381. The molecule has 1 saturated heterocycles. The van der Waals surface area contributed by atoms with Gasteiger partial charge in [-0.15, -0.1) is 0 Å². The van der Waals surface area contributed by atoms with Crippen molar-refractivity contribution in [3.8, 4) is 5.88 Å². The lowest BCUT2D eigenvalue weighted by molar-refractivity contribution is -0.125. The number of aromatic nitrogens is 1. The number of benzene rings is 1. The van der Waals surface area contributed by atoms with Crippen molar-refractivity contribution in [2.75, 3.05) is 6.54 Å². The summed E-state index contributed by atoms with van der Waals surface area (Å²) in [6.45, 7) is 0.992. The van der Waals surface area contributed by atoms with Crippen molar-refractivity contribution in [1.29, 1.82) is 0 Å². The Morgan fingerprint density at radius 1 is 1.15 bits per heavy atom. The van der Waals surface area contributed by atoms with Gasteiger partial charge in [0.1, 0.15) is 12.6 Å². The van der Waals surface area contributed by atoms with E-state index in [1.54, 1.807) is 23.2 Å². The summed E-state index contributed by atoms with van der Waals surface area (Å²) in [5.74, 6) is 0.233. The van der Waals surface area contributed by atoms with Crippen LogP contribution in [0.25, 0.3) is 0 Å². The van der Waals surface area contributed by atoms with Gasteiger partial charge in [-0.25, -0.2) is 4.98 Å². The summed E-state index contributed by atoms with van der Waals surface area (Å²) < 4.78 is 5.72. The Balaban J connectivity index is 1.42. The van der Waals surface area contributed by atoms with E-state index >= 15 is 0 Å². The molecule has 1 N–H and O–H groups in total. The van der Waals surface area contributed by atoms with Crippen LogP contribution in [0.4, 0.5) is 0 Å². The fourth-order valence-electron chi connectivity index (χ4n) is 3.33. The molecule has 0 bridgehead atoms. The summed E-state index contributed by atoms with van der Waals surface area (Å²) in [5, 5.41) is 3.01. The topological polar surface area (TPSA) is 71.5 Å². The van der Waals surface area contributed by atoms with Crippen LogP contribution >= 0.6 is 0 Å². The summed E-state index contributed by atoms with van der Waals surface area (Å²) in [6.07, 6.45) is 5.21. The molecular weight excluding hydrogens is 342 g/mol. The van der Waals surface area contributed by atoms with E-state index in [4.69, 9.17) is 4.74 Å². The molecule has 1 unspecified atom stereocenters. The Bertz CT molecular complexity index is 820. The van der Waals surface area contributed by atoms with Gasteiger partial charge in [0, 0.05) is 30.4 Å². The first-order valence-electron chi connectivity index (χ1n) is 9.45. The highest BCUT2D eigenvalue weighted by atomic mass is 16.5. The van der Waals surface area contributed by atoms with Gasteiger partial charge in [-0.3, -0.25) is 9.59 Å². The second-order valence-electron chi connectivity index (χ2n) is 7.10. The highest BCUT2D eigenvalue weighted by Gasteiger charge is 2.36. The zero-order valence-electron chi connectivity index (χ0n) is 15.1. The second kappa shape index (κ2) is 7.78. The zero-order chi connectivity index (χ0) is 18.6. The van der Waals surface area contributed by atoms with Crippen LogP contribution < -0.4 is 10.1 Å². The second-order valence-corrected chi connectivity index (χ2v) is 7.10. The lowest BCUT2D eigenvalue weighted by Crippen LogP contribution is -2.46. The van der Waals surface area contributed by atoms with Crippen molar-refractivity contribution in [1.82, 2.24) is 15.2 Å². The molecule has 0 radical (unpaired) electrons. The van der Waals surface area contributed by atoms with Gasteiger partial charge in [0.05, 0.1) is 0 Å². The Morgan fingerprint density at radius 3 is 2.74 bits per heavy atom. The van der Waals surface area contributed by atoms with Crippen LogP contribution in [0, 0.1) is 0 Å². The predicted octanol–water partition coefficient (Wildman–Crippen LogP) is 2.54. The summed E-state index contributed by atoms with van der Waals surface area (Å²) in [5.41, 5.74) is 1.53. The molecule has 4 rings (SSSR count). The normalized spacial score (nSPS) is 19.0. The van der Waals surface area contributed by atoms with E-state index in [0.717, 1.165) is 24.8 Å². The summed E-state index contributed by atoms with van der Waals surface area (Å²) >= 11 is 0. The van der Waals surface area contributed by atoms with Gasteiger partial charge in [-0.05, 0) is 37.3 Å². The molecule has 6 heteroatoms. The number of ether oxygens (including phenoxy) is 1. The number of nitrogens with one attached hydrogen (secondary N) is 1. The Hall–Kier alpha value is -2.89. The van der Waals surface area contributed by atoms with Crippen molar-refractivity contribution in [2.45, 2.75) is 44.4 Å². The van der Waals surface area contributed by atoms with Gasteiger partial charge >= 0.3 is 0 Å². The molecule has 1 atom stereocenters. The maximum Gasteiger partial charge on any atom is 0.254 e. The van der Waals surface area contributed by atoms with Gasteiger partial charge in [-0.1, -0.05) is 30.3 Å². The van der Waals surface area contributed by atoms with Gasteiger partial charge in [-0.2, -0.15) is 0 Å². The third-order valence-electron chi connectivity index (χ3n) is 4.95. The van der Waals surface area contributed by atoms with E-state index < -0.39 is 0 Å². The fourth-order valence-corrected chi connectivity index (χ4v) is 3.33. The van der Waals surface area contributed by atoms with Crippen LogP contribution in [0.15, 0.2) is 48.7 Å². The molecule has 2 amide bonds. The molecule has 1 aliphatic carbocycles. The van der Waals surface area contributed by atoms with E-state index in [1.165, 1.54) is 0 Å². The molecule has 1 aromatic carbocycles. The SMILES string of the molecule is O=C(NC1CC1)C1CCCN1C(=O)c1ccnc(OCc2ccccc2)c1. The number of likely N-dealkylation sites (tertiary alicyclic amines) is 1. The maximum atomic E-state index is 13.0. The molecule has 140 valence electrons. The van der Waals surface area contributed by atoms with Crippen molar-refractivity contribution in [3.63, 3.8) is 0 Å². The molecule has 1 aromatic heterocycles. The number of carbonyl (C=O) groups excluding carboxylic acids is 2. The van der Waals surface area contributed by atoms with Crippen LogP contribution in [-0.4, -0.2) is 40.3 Å². The average Bonchev–Trinajstić information content (AvgIpc) is 3.38. The molecule has 1 aliphatic heterocycles. The van der Waals surface area contributed by atoms with Crippen LogP contribution in [-0.2, 0) is 11.4 Å². The monoisotopic (exact) mass is 365 g/mol. The van der Waals surface area contributed by atoms with Gasteiger partial charge < -0.3 is 15.0 Å². The van der Waals surface area contributed by atoms with Gasteiger partial charge in [0.2, 0.25) is 11.8 Å². The summed E-state index contributed by atoms with van der Waals surface area (Å²) in [7, 11) is 0. The smallest absolute Gasteiger partial charge is 0.254 e. The van der Waals surface area contributed by atoms with E-state index in [0.29, 0.717) is 37.1 Å². The minimum Gasteiger partial charge on any atom is -0.473 e. The zero-order valence-corrected chi connectivity index (χ0v) is 15.1. The highest BCUT2D eigenvalue weighted by molar-refractivity contribution is 5.98. The first-order valence-corrected chi connectivity index (χ1v) is 9.45. The van der Waals surface area contributed by atoms with Crippen LogP contribution in [0.1, 0.15) is 41.6 Å². The number of hydrogen-bond donors (Lipinski definition) is 1. The molecule has 2 aliphatic rings. The van der Waals surface area contributed by atoms with E-state index in [9.17, 15) is 9.59 Å². The predicted molar refractivity (Wildman–Crippen MR) is 100 cm³/mol. The van der Waals surface area contributed by atoms with Crippen molar-refractivity contribution in [3.05, 3.63) is 59.8 Å². The third kappa shape index (κ3) is 4.27. The lowest BCUT2D eigenvalue weighted by atomic mass is 10.1. The number of pyridine rings is 1. The van der Waals surface area contributed by atoms with E-state index in [2.05, 4.69) is 10.3 Å². The minimum atomic E-state index is -0.375. The molecule has 2 aromatic rings. The van der Waals surface area contributed by atoms with Crippen LogP contribution in [0.3, 0.4) is 0 Å². The van der Waals surface area contributed by atoms with Crippen LogP contribution in [0.2, 0.25) is 0 Å². The first-order chi connectivity index (χ1) is 13.2. The highest BCUT2D eigenvalue weighted by Crippen LogP contribution is 2.24. The molecule has 0 spiro atoms. The summed E-state index contributed by atoms with van der Waals surface area (Å²) in [6, 6.07) is 13.1. The Labute approximate surface area is 158 Å². The maximum absolute atomic E-state index is 13.0. The molecular formula is C21H23N3O3. The molecule has 6 nitrogen and oxygen atoms in total. The van der Waals surface area contributed by atoms with Crippen LogP contribution in [0.5, 0.6) is 5.88 Å². The number of carbonyl (C=O) groups is 2. The number of amides is 2. The Morgan fingerprint density at radius 2 is 1.96 bits per heavy atom. The van der Waals surface area contributed by atoms with Gasteiger partial charge in [0.25, 0.3) is 5.91 Å². The van der Waals surface area contributed by atoms with Crippen molar-refractivity contribution in [2.24, 2.45) is 0 Å². The minimum absolute atomic E-state index is 0.0297.